The maximum atomic E-state index is 11.4. The zero-order chi connectivity index (χ0) is 15.4. The molecule has 0 saturated carbocycles. The van der Waals surface area contributed by atoms with Crippen LogP contribution >= 0.6 is 24.0 Å². The molecule has 1 heterocycles. The molecule has 21 heavy (non-hydrogen) atoms. The van der Waals surface area contributed by atoms with E-state index < -0.39 is 10.0 Å². The summed E-state index contributed by atoms with van der Waals surface area (Å²) < 4.78 is 24.4. The predicted octanol–water partition coefficient (Wildman–Crippen LogP) is 1.24. The fourth-order valence-corrected chi connectivity index (χ4v) is 3.09. The van der Waals surface area contributed by atoms with Gasteiger partial charge < -0.3 is 10.6 Å². The Hall–Kier alpha value is -0.0900. The van der Waals surface area contributed by atoms with Crippen LogP contribution in [-0.2, 0) is 10.0 Å². The summed E-state index contributed by atoms with van der Waals surface area (Å²) in [6.45, 7) is 8.33. The average molecular weight is 432 g/mol. The number of hydrogen-bond acceptors (Lipinski definition) is 3. The maximum Gasteiger partial charge on any atom is 0.211 e. The minimum absolute atomic E-state index is 0. The van der Waals surface area contributed by atoms with Crippen LogP contribution in [0.25, 0.3) is 0 Å². The summed E-state index contributed by atoms with van der Waals surface area (Å²) in [4.78, 5) is 4.20. The average Bonchev–Trinajstić information content (AvgIpc) is 2.32. The van der Waals surface area contributed by atoms with Gasteiger partial charge in [0.2, 0.25) is 10.0 Å². The van der Waals surface area contributed by atoms with E-state index in [4.69, 9.17) is 0 Å². The summed E-state index contributed by atoms with van der Waals surface area (Å²) in [5.74, 6) is 1.29. The van der Waals surface area contributed by atoms with E-state index in [2.05, 4.69) is 36.4 Å². The Bertz CT molecular complexity index is 438. The van der Waals surface area contributed by atoms with Crippen molar-refractivity contribution in [3.05, 3.63) is 0 Å². The van der Waals surface area contributed by atoms with Gasteiger partial charge in [0.05, 0.1) is 6.26 Å². The molecule has 0 aromatic carbocycles. The standard InChI is InChI=1S/C13H28N4O2S.HI/c1-13(2,3)16-12(14-4)15-10-11-6-8-17(9-7-11)20(5,18)19;/h11H,6-10H2,1-5H3,(H2,14,15,16);1H. The quantitative estimate of drug-likeness (QED) is 0.400. The Labute approximate surface area is 146 Å². The fraction of sp³-hybridized carbons (Fsp3) is 0.923. The second-order valence-electron chi connectivity index (χ2n) is 6.43. The molecule has 2 N–H and O–H groups in total. The van der Waals surface area contributed by atoms with Crippen LogP contribution in [0.4, 0.5) is 0 Å². The molecule has 126 valence electrons. The summed E-state index contributed by atoms with van der Waals surface area (Å²) in [6.07, 6.45) is 3.07. The minimum atomic E-state index is -3.03. The van der Waals surface area contributed by atoms with E-state index in [0.29, 0.717) is 19.0 Å². The van der Waals surface area contributed by atoms with E-state index in [9.17, 15) is 8.42 Å². The number of sulfonamides is 1. The molecule has 0 amide bonds. The van der Waals surface area contributed by atoms with E-state index >= 15 is 0 Å². The lowest BCUT2D eigenvalue weighted by molar-refractivity contribution is 0.274. The molecular formula is C13H29IN4O2S. The van der Waals surface area contributed by atoms with Gasteiger partial charge in [0, 0.05) is 32.2 Å². The van der Waals surface area contributed by atoms with Gasteiger partial charge in [-0.25, -0.2) is 12.7 Å². The number of piperidine rings is 1. The highest BCUT2D eigenvalue weighted by Crippen LogP contribution is 2.18. The number of nitrogens with one attached hydrogen (secondary N) is 2. The molecule has 0 spiro atoms. The largest absolute Gasteiger partial charge is 0.356 e. The molecule has 0 radical (unpaired) electrons. The first kappa shape index (κ1) is 20.9. The van der Waals surface area contributed by atoms with Crippen LogP contribution < -0.4 is 10.6 Å². The Morgan fingerprint density at radius 3 is 2.19 bits per heavy atom. The first-order chi connectivity index (χ1) is 9.12. The van der Waals surface area contributed by atoms with Crippen molar-refractivity contribution in [3.63, 3.8) is 0 Å². The molecule has 0 bridgehead atoms. The smallest absolute Gasteiger partial charge is 0.211 e. The Morgan fingerprint density at radius 1 is 1.29 bits per heavy atom. The molecule has 0 atom stereocenters. The van der Waals surface area contributed by atoms with Crippen molar-refractivity contribution in [2.75, 3.05) is 32.9 Å². The molecule has 0 unspecified atom stereocenters. The molecular weight excluding hydrogens is 403 g/mol. The minimum Gasteiger partial charge on any atom is -0.356 e. The zero-order valence-corrected chi connectivity index (χ0v) is 16.8. The molecule has 1 aliphatic rings. The van der Waals surface area contributed by atoms with Gasteiger partial charge in [-0.3, -0.25) is 4.99 Å². The van der Waals surface area contributed by atoms with Crippen molar-refractivity contribution in [1.82, 2.24) is 14.9 Å². The summed E-state index contributed by atoms with van der Waals surface area (Å²) in [6, 6.07) is 0. The van der Waals surface area contributed by atoms with Crippen molar-refractivity contribution in [1.29, 1.82) is 0 Å². The highest BCUT2D eigenvalue weighted by molar-refractivity contribution is 14.0. The van der Waals surface area contributed by atoms with Crippen LogP contribution in [0.15, 0.2) is 4.99 Å². The number of aliphatic imine (C=N–C) groups is 1. The SMILES string of the molecule is CN=C(NCC1CCN(S(C)(=O)=O)CC1)NC(C)(C)C.I. The van der Waals surface area contributed by atoms with Crippen molar-refractivity contribution in [2.45, 2.75) is 39.2 Å². The normalized spacial score (nSPS) is 19.0. The number of hydrogen-bond donors (Lipinski definition) is 2. The van der Waals surface area contributed by atoms with Crippen molar-refractivity contribution >= 4 is 40.0 Å². The highest BCUT2D eigenvalue weighted by Gasteiger charge is 2.25. The van der Waals surface area contributed by atoms with Gasteiger partial charge in [-0.05, 0) is 39.5 Å². The Kier molecular flexibility index (Phi) is 8.48. The molecule has 8 heteroatoms. The first-order valence-corrected chi connectivity index (χ1v) is 8.90. The number of guanidine groups is 1. The van der Waals surface area contributed by atoms with Crippen molar-refractivity contribution in [3.8, 4) is 0 Å². The first-order valence-electron chi connectivity index (χ1n) is 7.06. The van der Waals surface area contributed by atoms with E-state index in [0.717, 1.165) is 25.3 Å². The number of halogens is 1. The molecule has 0 aromatic heterocycles. The van der Waals surface area contributed by atoms with Gasteiger partial charge >= 0.3 is 0 Å². The van der Waals surface area contributed by atoms with Crippen LogP contribution in [0.3, 0.4) is 0 Å². The molecule has 1 fully saturated rings. The topological polar surface area (TPSA) is 73.8 Å². The van der Waals surface area contributed by atoms with Crippen LogP contribution in [0, 0.1) is 5.92 Å². The van der Waals surface area contributed by atoms with Gasteiger partial charge in [0.15, 0.2) is 5.96 Å². The van der Waals surface area contributed by atoms with E-state index in [1.807, 2.05) is 0 Å². The summed E-state index contributed by atoms with van der Waals surface area (Å²) in [5, 5.41) is 6.63. The van der Waals surface area contributed by atoms with E-state index in [1.54, 1.807) is 11.4 Å². The third-order valence-electron chi connectivity index (χ3n) is 3.32. The van der Waals surface area contributed by atoms with Crippen LogP contribution in [0.5, 0.6) is 0 Å². The van der Waals surface area contributed by atoms with Crippen LogP contribution in [0.2, 0.25) is 0 Å². The van der Waals surface area contributed by atoms with Gasteiger partial charge in [0.1, 0.15) is 0 Å². The van der Waals surface area contributed by atoms with Gasteiger partial charge in [-0.15, -0.1) is 24.0 Å². The van der Waals surface area contributed by atoms with E-state index in [1.165, 1.54) is 6.26 Å². The van der Waals surface area contributed by atoms with Gasteiger partial charge in [0.25, 0.3) is 0 Å². The van der Waals surface area contributed by atoms with Crippen molar-refractivity contribution in [2.24, 2.45) is 10.9 Å². The second-order valence-corrected chi connectivity index (χ2v) is 8.42. The molecule has 6 nitrogen and oxygen atoms in total. The summed E-state index contributed by atoms with van der Waals surface area (Å²) >= 11 is 0. The molecule has 1 saturated heterocycles. The van der Waals surface area contributed by atoms with E-state index in [-0.39, 0.29) is 29.5 Å². The number of nitrogens with zero attached hydrogens (tertiary/aromatic N) is 2. The second kappa shape index (κ2) is 8.52. The highest BCUT2D eigenvalue weighted by atomic mass is 127. The number of rotatable bonds is 3. The molecule has 0 aliphatic carbocycles. The molecule has 0 aromatic rings. The third kappa shape index (κ3) is 8.20. The molecule has 1 rings (SSSR count). The lowest BCUT2D eigenvalue weighted by atomic mass is 9.98. The predicted molar refractivity (Wildman–Crippen MR) is 98.8 cm³/mol. The zero-order valence-electron chi connectivity index (χ0n) is 13.6. The van der Waals surface area contributed by atoms with Gasteiger partial charge in [-0.2, -0.15) is 0 Å². The van der Waals surface area contributed by atoms with Crippen LogP contribution in [-0.4, -0.2) is 57.2 Å². The Balaban J connectivity index is 0.00000400. The third-order valence-corrected chi connectivity index (χ3v) is 4.62. The maximum absolute atomic E-state index is 11.4. The monoisotopic (exact) mass is 432 g/mol. The van der Waals surface area contributed by atoms with Crippen LogP contribution in [0.1, 0.15) is 33.6 Å². The molecule has 1 aliphatic heterocycles. The fourth-order valence-electron chi connectivity index (χ4n) is 2.22. The lowest BCUT2D eigenvalue weighted by Crippen LogP contribution is -2.49. The lowest BCUT2D eigenvalue weighted by Gasteiger charge is -2.31. The van der Waals surface area contributed by atoms with Crippen molar-refractivity contribution < 1.29 is 8.42 Å². The van der Waals surface area contributed by atoms with Gasteiger partial charge in [-0.1, -0.05) is 0 Å². The summed E-state index contributed by atoms with van der Waals surface area (Å²) in [5.41, 5.74) is -0.0263. The summed E-state index contributed by atoms with van der Waals surface area (Å²) in [7, 11) is -1.28. The Morgan fingerprint density at radius 2 is 1.81 bits per heavy atom.